The van der Waals surface area contributed by atoms with E-state index in [9.17, 15) is 9.59 Å². The number of para-hydroxylation sites is 2. The maximum atomic E-state index is 11.8. The van der Waals surface area contributed by atoms with Crippen molar-refractivity contribution in [3.05, 3.63) is 24.3 Å². The molecule has 0 aromatic heterocycles. The topological polar surface area (TPSA) is 53.1 Å². The zero-order valence-electron chi connectivity index (χ0n) is 17.9. The molecule has 2 heterocycles. The SMILES string of the molecule is CC(C)Oc1ccccc1N1CCN(CCCCCN2C(=O)CCCC2=O)CC1. The number of unbranched alkanes of at least 4 members (excludes halogenated alkanes) is 2. The smallest absolute Gasteiger partial charge is 0.229 e. The third kappa shape index (κ3) is 6.20. The van der Waals surface area contributed by atoms with Crippen LogP contribution >= 0.6 is 0 Å². The molecule has 2 aliphatic heterocycles. The molecule has 0 bridgehead atoms. The molecule has 0 spiro atoms. The van der Waals surface area contributed by atoms with Crippen LogP contribution in [-0.2, 0) is 9.59 Å². The van der Waals surface area contributed by atoms with E-state index in [1.807, 2.05) is 6.07 Å². The summed E-state index contributed by atoms with van der Waals surface area (Å²) in [6, 6.07) is 8.31. The second kappa shape index (κ2) is 10.6. The van der Waals surface area contributed by atoms with Gasteiger partial charge in [-0.1, -0.05) is 18.6 Å². The summed E-state index contributed by atoms with van der Waals surface area (Å²) < 4.78 is 5.98. The van der Waals surface area contributed by atoms with Crippen LogP contribution in [0, 0.1) is 0 Å². The van der Waals surface area contributed by atoms with Crippen LogP contribution in [0.3, 0.4) is 0 Å². The van der Waals surface area contributed by atoms with Crippen molar-refractivity contribution < 1.29 is 14.3 Å². The summed E-state index contributed by atoms with van der Waals surface area (Å²) in [7, 11) is 0. The Morgan fingerprint density at radius 3 is 2.24 bits per heavy atom. The summed E-state index contributed by atoms with van der Waals surface area (Å²) in [5.74, 6) is 0.996. The van der Waals surface area contributed by atoms with Gasteiger partial charge in [0, 0.05) is 45.6 Å². The second-order valence-electron chi connectivity index (χ2n) is 8.32. The summed E-state index contributed by atoms with van der Waals surface area (Å²) in [5, 5.41) is 0. The number of piperidine rings is 1. The Morgan fingerprint density at radius 2 is 1.55 bits per heavy atom. The van der Waals surface area contributed by atoms with E-state index in [0.717, 1.165) is 57.7 Å². The monoisotopic (exact) mass is 401 g/mol. The minimum atomic E-state index is 0.0131. The van der Waals surface area contributed by atoms with Gasteiger partial charge in [0.1, 0.15) is 5.75 Å². The van der Waals surface area contributed by atoms with Gasteiger partial charge in [-0.15, -0.1) is 0 Å². The summed E-state index contributed by atoms with van der Waals surface area (Å²) >= 11 is 0. The number of benzene rings is 1. The van der Waals surface area contributed by atoms with Gasteiger partial charge in [0.2, 0.25) is 11.8 Å². The number of anilines is 1. The van der Waals surface area contributed by atoms with Gasteiger partial charge in [0.25, 0.3) is 0 Å². The molecule has 3 rings (SSSR count). The van der Waals surface area contributed by atoms with E-state index in [1.165, 1.54) is 10.6 Å². The van der Waals surface area contributed by atoms with Crippen molar-refractivity contribution in [1.29, 1.82) is 0 Å². The van der Waals surface area contributed by atoms with E-state index in [0.29, 0.717) is 25.8 Å². The number of likely N-dealkylation sites (tertiary alicyclic amines) is 1. The number of hydrogen-bond acceptors (Lipinski definition) is 5. The van der Waals surface area contributed by atoms with Crippen molar-refractivity contribution in [2.24, 2.45) is 0 Å². The molecular weight excluding hydrogens is 366 g/mol. The lowest BCUT2D eigenvalue weighted by molar-refractivity contribution is -0.148. The highest BCUT2D eigenvalue weighted by molar-refractivity contribution is 5.97. The van der Waals surface area contributed by atoms with E-state index in [-0.39, 0.29) is 17.9 Å². The van der Waals surface area contributed by atoms with Gasteiger partial charge in [-0.25, -0.2) is 0 Å². The van der Waals surface area contributed by atoms with E-state index in [2.05, 4.69) is 41.8 Å². The zero-order chi connectivity index (χ0) is 20.6. The van der Waals surface area contributed by atoms with Crippen molar-refractivity contribution in [1.82, 2.24) is 9.80 Å². The number of nitrogens with zero attached hydrogens (tertiary/aromatic N) is 3. The van der Waals surface area contributed by atoms with Crippen molar-refractivity contribution in [2.45, 2.75) is 58.5 Å². The lowest BCUT2D eigenvalue weighted by Gasteiger charge is -2.37. The first-order valence-corrected chi connectivity index (χ1v) is 11.1. The number of carbonyl (C=O) groups is 2. The fourth-order valence-corrected chi connectivity index (χ4v) is 4.12. The molecule has 6 nitrogen and oxygen atoms in total. The Morgan fingerprint density at radius 1 is 0.897 bits per heavy atom. The minimum Gasteiger partial charge on any atom is -0.489 e. The summed E-state index contributed by atoms with van der Waals surface area (Å²) in [6.45, 7) is 9.93. The molecule has 1 aromatic carbocycles. The molecule has 160 valence electrons. The molecule has 0 unspecified atom stereocenters. The van der Waals surface area contributed by atoms with Crippen LogP contribution in [0.4, 0.5) is 5.69 Å². The maximum Gasteiger partial charge on any atom is 0.229 e. The predicted octanol–water partition coefficient (Wildman–Crippen LogP) is 3.31. The largest absolute Gasteiger partial charge is 0.489 e. The molecule has 0 saturated carbocycles. The highest BCUT2D eigenvalue weighted by Gasteiger charge is 2.25. The van der Waals surface area contributed by atoms with Gasteiger partial charge in [0.05, 0.1) is 11.8 Å². The fourth-order valence-electron chi connectivity index (χ4n) is 4.12. The molecule has 0 aliphatic carbocycles. The van der Waals surface area contributed by atoms with Crippen LogP contribution in [0.1, 0.15) is 52.4 Å². The van der Waals surface area contributed by atoms with Gasteiger partial charge in [-0.2, -0.15) is 0 Å². The van der Waals surface area contributed by atoms with Gasteiger partial charge in [0.15, 0.2) is 0 Å². The quantitative estimate of drug-likeness (QED) is 0.469. The number of ether oxygens (including phenoxy) is 1. The molecule has 0 atom stereocenters. The molecule has 2 fully saturated rings. The Balaban J connectivity index is 1.35. The highest BCUT2D eigenvalue weighted by atomic mass is 16.5. The highest BCUT2D eigenvalue weighted by Crippen LogP contribution is 2.29. The number of amides is 2. The molecule has 2 amide bonds. The Kier molecular flexibility index (Phi) is 7.92. The Labute approximate surface area is 174 Å². The Hall–Kier alpha value is -2.08. The van der Waals surface area contributed by atoms with Gasteiger partial charge < -0.3 is 9.64 Å². The van der Waals surface area contributed by atoms with Crippen LogP contribution in [0.15, 0.2) is 24.3 Å². The van der Waals surface area contributed by atoms with E-state index in [1.54, 1.807) is 0 Å². The average molecular weight is 402 g/mol. The first-order valence-electron chi connectivity index (χ1n) is 11.1. The second-order valence-corrected chi connectivity index (χ2v) is 8.32. The molecule has 0 N–H and O–H groups in total. The molecule has 2 aliphatic rings. The number of imide groups is 1. The van der Waals surface area contributed by atoms with Crippen molar-refractivity contribution in [3.63, 3.8) is 0 Å². The number of carbonyl (C=O) groups excluding carboxylic acids is 2. The van der Waals surface area contributed by atoms with E-state index in [4.69, 9.17) is 4.74 Å². The van der Waals surface area contributed by atoms with Crippen LogP contribution < -0.4 is 9.64 Å². The van der Waals surface area contributed by atoms with Gasteiger partial charge in [-0.05, 0) is 51.8 Å². The van der Waals surface area contributed by atoms with Crippen LogP contribution in [0.2, 0.25) is 0 Å². The van der Waals surface area contributed by atoms with Gasteiger partial charge >= 0.3 is 0 Å². The first-order chi connectivity index (χ1) is 14.0. The molecule has 1 aromatic rings. The number of rotatable bonds is 9. The van der Waals surface area contributed by atoms with Crippen molar-refractivity contribution >= 4 is 17.5 Å². The lowest BCUT2D eigenvalue weighted by Crippen LogP contribution is -2.46. The van der Waals surface area contributed by atoms with Gasteiger partial charge in [-0.3, -0.25) is 19.4 Å². The Bertz CT molecular complexity index is 668. The molecular formula is C23H35N3O3. The van der Waals surface area contributed by atoms with Crippen molar-refractivity contribution in [2.75, 3.05) is 44.2 Å². The van der Waals surface area contributed by atoms with E-state index >= 15 is 0 Å². The normalized spacial score (nSPS) is 18.6. The summed E-state index contributed by atoms with van der Waals surface area (Å²) in [4.78, 5) is 30.1. The fraction of sp³-hybridized carbons (Fsp3) is 0.652. The third-order valence-electron chi connectivity index (χ3n) is 5.68. The summed E-state index contributed by atoms with van der Waals surface area (Å²) in [5.41, 5.74) is 1.19. The van der Waals surface area contributed by atoms with E-state index < -0.39 is 0 Å². The predicted molar refractivity (Wildman–Crippen MR) is 115 cm³/mol. The zero-order valence-corrected chi connectivity index (χ0v) is 17.9. The van der Waals surface area contributed by atoms with Crippen LogP contribution in [-0.4, -0.2) is 67.0 Å². The molecule has 6 heteroatoms. The van der Waals surface area contributed by atoms with Crippen molar-refractivity contribution in [3.8, 4) is 5.75 Å². The van der Waals surface area contributed by atoms with Crippen LogP contribution in [0.25, 0.3) is 0 Å². The molecule has 0 radical (unpaired) electrons. The standard InChI is InChI=1S/C23H35N3O3/c1-19(2)29-21-10-5-4-9-20(21)25-17-15-24(16-18-25)13-6-3-7-14-26-22(27)11-8-12-23(26)28/h4-5,9-10,19H,3,6-8,11-18H2,1-2H3. The lowest BCUT2D eigenvalue weighted by atomic mass is 10.1. The number of piperazine rings is 1. The first kappa shape index (κ1) is 21.6. The maximum absolute atomic E-state index is 11.8. The minimum absolute atomic E-state index is 0.0131. The average Bonchev–Trinajstić information content (AvgIpc) is 2.70. The van der Waals surface area contributed by atoms with Crippen LogP contribution in [0.5, 0.6) is 5.75 Å². The number of hydrogen-bond donors (Lipinski definition) is 0. The third-order valence-corrected chi connectivity index (χ3v) is 5.68. The molecule has 29 heavy (non-hydrogen) atoms. The summed E-state index contributed by atoms with van der Waals surface area (Å²) in [6.07, 6.45) is 5.04. The molecule has 2 saturated heterocycles.